The Hall–Kier alpha value is -0.980. The molecule has 2 rings (SSSR count). The summed E-state index contributed by atoms with van der Waals surface area (Å²) in [5.41, 5.74) is 0. The van der Waals surface area contributed by atoms with E-state index < -0.39 is 10.0 Å². The quantitative estimate of drug-likeness (QED) is 0.206. The third kappa shape index (κ3) is 8.18. The van der Waals surface area contributed by atoms with Gasteiger partial charge in [0.2, 0.25) is 10.0 Å². The molecule has 1 fully saturated rings. The normalized spacial score (nSPS) is 16.6. The molecule has 0 aromatic carbocycles. The van der Waals surface area contributed by atoms with Crippen LogP contribution in [-0.2, 0) is 10.0 Å². The summed E-state index contributed by atoms with van der Waals surface area (Å²) in [5.74, 6) is 0.737. The van der Waals surface area contributed by atoms with E-state index >= 15 is 0 Å². The molecular formula is C18H33IN6O2S. The van der Waals surface area contributed by atoms with Gasteiger partial charge in [-0.25, -0.2) is 13.1 Å². The number of hydrogen-bond donors (Lipinski definition) is 3. The van der Waals surface area contributed by atoms with E-state index in [-0.39, 0.29) is 35.4 Å². The Bertz CT molecular complexity index is 691. The lowest BCUT2D eigenvalue weighted by Gasteiger charge is -2.35. The number of sulfonamides is 1. The predicted octanol–water partition coefficient (Wildman–Crippen LogP) is 1.41. The predicted molar refractivity (Wildman–Crippen MR) is 124 cm³/mol. The van der Waals surface area contributed by atoms with Gasteiger partial charge in [-0.15, -0.1) is 24.0 Å². The summed E-state index contributed by atoms with van der Waals surface area (Å²) in [7, 11) is -3.54. The lowest BCUT2D eigenvalue weighted by atomic mass is 10.0. The Morgan fingerprint density at radius 2 is 2.07 bits per heavy atom. The molecule has 1 aromatic heterocycles. The van der Waals surface area contributed by atoms with Gasteiger partial charge >= 0.3 is 0 Å². The van der Waals surface area contributed by atoms with Crippen LogP contribution in [0.15, 0.2) is 34.4 Å². The first kappa shape index (κ1) is 25.1. The fraction of sp³-hybridized carbons (Fsp3) is 0.667. The highest BCUT2D eigenvalue weighted by molar-refractivity contribution is 14.0. The van der Waals surface area contributed by atoms with Crippen LogP contribution in [0.2, 0.25) is 0 Å². The number of halogens is 1. The van der Waals surface area contributed by atoms with Gasteiger partial charge in [-0.1, -0.05) is 0 Å². The van der Waals surface area contributed by atoms with Crippen molar-refractivity contribution in [1.82, 2.24) is 25.2 Å². The summed E-state index contributed by atoms with van der Waals surface area (Å²) >= 11 is 0. The van der Waals surface area contributed by atoms with E-state index in [1.165, 1.54) is 12.3 Å². The van der Waals surface area contributed by atoms with Gasteiger partial charge in [-0.3, -0.25) is 9.98 Å². The van der Waals surface area contributed by atoms with E-state index in [1.807, 2.05) is 6.92 Å². The van der Waals surface area contributed by atoms with Crippen molar-refractivity contribution in [3.63, 3.8) is 0 Å². The number of nitrogens with zero attached hydrogens (tertiary/aromatic N) is 3. The minimum absolute atomic E-state index is 0. The minimum atomic E-state index is -3.54. The van der Waals surface area contributed by atoms with Crippen LogP contribution in [0, 0.1) is 0 Å². The smallest absolute Gasteiger partial charge is 0.242 e. The number of aliphatic imine (C=N–C) groups is 1. The molecule has 1 aliphatic heterocycles. The monoisotopic (exact) mass is 524 g/mol. The van der Waals surface area contributed by atoms with Crippen molar-refractivity contribution in [3.05, 3.63) is 24.5 Å². The van der Waals surface area contributed by atoms with Crippen molar-refractivity contribution in [2.24, 2.45) is 4.99 Å². The number of hydrogen-bond acceptors (Lipinski definition) is 5. The summed E-state index contributed by atoms with van der Waals surface area (Å²) < 4.78 is 26.9. The van der Waals surface area contributed by atoms with E-state index in [1.54, 1.807) is 12.3 Å². The van der Waals surface area contributed by atoms with E-state index in [4.69, 9.17) is 0 Å². The van der Waals surface area contributed by atoms with Crippen LogP contribution in [0.25, 0.3) is 0 Å². The maximum absolute atomic E-state index is 12.2. The molecule has 0 atom stereocenters. The van der Waals surface area contributed by atoms with E-state index in [2.05, 4.69) is 44.1 Å². The van der Waals surface area contributed by atoms with Gasteiger partial charge in [0.1, 0.15) is 4.90 Å². The summed E-state index contributed by atoms with van der Waals surface area (Å²) in [6, 6.07) is 4.10. The highest BCUT2D eigenvalue weighted by Gasteiger charge is 2.21. The molecule has 8 nitrogen and oxygen atoms in total. The molecule has 28 heavy (non-hydrogen) atoms. The highest BCUT2D eigenvalue weighted by Crippen LogP contribution is 2.12. The summed E-state index contributed by atoms with van der Waals surface area (Å²) in [4.78, 5) is 11.0. The topological polar surface area (TPSA) is 98.7 Å². The summed E-state index contributed by atoms with van der Waals surface area (Å²) in [6.07, 6.45) is 5.04. The number of piperidine rings is 1. The van der Waals surface area contributed by atoms with E-state index in [0.29, 0.717) is 18.6 Å². The molecule has 0 radical (unpaired) electrons. The molecule has 0 bridgehead atoms. The van der Waals surface area contributed by atoms with Gasteiger partial charge in [-0.2, -0.15) is 0 Å². The Kier molecular flexibility index (Phi) is 11.2. The van der Waals surface area contributed by atoms with Gasteiger partial charge in [0.05, 0.1) is 6.54 Å². The van der Waals surface area contributed by atoms with Crippen molar-refractivity contribution in [2.45, 2.75) is 50.6 Å². The second-order valence-electron chi connectivity index (χ2n) is 6.90. The molecular weight excluding hydrogens is 491 g/mol. The second kappa shape index (κ2) is 12.6. The van der Waals surface area contributed by atoms with Crippen LogP contribution < -0.4 is 15.4 Å². The lowest BCUT2D eigenvalue weighted by molar-refractivity contribution is 0.167. The Balaban J connectivity index is 0.00000392. The molecule has 0 aliphatic carbocycles. The molecule has 1 saturated heterocycles. The van der Waals surface area contributed by atoms with Crippen molar-refractivity contribution in [1.29, 1.82) is 0 Å². The van der Waals surface area contributed by atoms with Gasteiger partial charge in [0.15, 0.2) is 5.96 Å². The maximum atomic E-state index is 12.2. The molecule has 3 N–H and O–H groups in total. The fourth-order valence-electron chi connectivity index (χ4n) is 3.01. The number of guanidine groups is 1. The molecule has 2 heterocycles. The minimum Gasteiger partial charge on any atom is -0.357 e. The molecule has 1 aliphatic rings. The second-order valence-corrected chi connectivity index (χ2v) is 8.66. The van der Waals surface area contributed by atoms with Crippen LogP contribution in [-0.4, -0.2) is 69.1 Å². The van der Waals surface area contributed by atoms with Crippen molar-refractivity contribution in [2.75, 3.05) is 32.7 Å². The average molecular weight is 524 g/mol. The molecule has 160 valence electrons. The zero-order chi connectivity index (χ0) is 19.7. The van der Waals surface area contributed by atoms with Crippen LogP contribution in [0.3, 0.4) is 0 Å². The number of rotatable bonds is 8. The SMILES string of the molecule is CCNC(=NCCNS(=O)(=O)c1cccnc1)NC1CCN(C(C)C)CC1.I. The van der Waals surface area contributed by atoms with Gasteiger partial charge in [0.25, 0.3) is 0 Å². The first-order valence-corrected chi connectivity index (χ1v) is 11.1. The molecule has 0 unspecified atom stereocenters. The molecule has 10 heteroatoms. The molecule has 1 aromatic rings. The first-order valence-electron chi connectivity index (χ1n) is 9.61. The number of aromatic nitrogens is 1. The maximum Gasteiger partial charge on any atom is 0.242 e. The lowest BCUT2D eigenvalue weighted by Crippen LogP contribution is -2.50. The summed E-state index contributed by atoms with van der Waals surface area (Å²) in [5, 5.41) is 6.70. The van der Waals surface area contributed by atoms with Gasteiger partial charge in [0, 0.05) is 50.7 Å². The van der Waals surface area contributed by atoms with E-state index in [9.17, 15) is 8.42 Å². The molecule has 0 saturated carbocycles. The summed E-state index contributed by atoms with van der Waals surface area (Å²) in [6.45, 7) is 10.00. The average Bonchev–Trinajstić information content (AvgIpc) is 2.66. The van der Waals surface area contributed by atoms with Crippen LogP contribution >= 0.6 is 24.0 Å². The standard InChI is InChI=1S/C18H32N6O2S.HI/c1-4-20-18(23-16-7-12-24(13-8-16)15(2)3)21-10-11-22-27(25,26)17-6-5-9-19-14-17;/h5-6,9,14-16,22H,4,7-8,10-13H2,1-3H3,(H2,20,21,23);1H. The number of likely N-dealkylation sites (tertiary alicyclic amines) is 1. The van der Waals surface area contributed by atoms with Crippen LogP contribution in [0.1, 0.15) is 33.6 Å². The van der Waals surface area contributed by atoms with Crippen LogP contribution in [0.5, 0.6) is 0 Å². The Morgan fingerprint density at radius 1 is 1.36 bits per heavy atom. The zero-order valence-corrected chi connectivity index (χ0v) is 20.0. The van der Waals surface area contributed by atoms with Gasteiger partial charge < -0.3 is 15.5 Å². The number of pyridine rings is 1. The Morgan fingerprint density at radius 3 is 2.64 bits per heavy atom. The van der Waals surface area contributed by atoms with Crippen LogP contribution in [0.4, 0.5) is 0 Å². The molecule has 0 spiro atoms. The van der Waals surface area contributed by atoms with Crippen molar-refractivity contribution < 1.29 is 8.42 Å². The largest absolute Gasteiger partial charge is 0.357 e. The van der Waals surface area contributed by atoms with Crippen molar-refractivity contribution in [3.8, 4) is 0 Å². The third-order valence-electron chi connectivity index (χ3n) is 4.56. The van der Waals surface area contributed by atoms with Gasteiger partial charge in [-0.05, 0) is 45.7 Å². The zero-order valence-electron chi connectivity index (χ0n) is 16.9. The first-order chi connectivity index (χ1) is 12.9. The molecule has 0 amide bonds. The van der Waals surface area contributed by atoms with Crippen molar-refractivity contribution >= 4 is 40.0 Å². The fourth-order valence-corrected chi connectivity index (χ4v) is 3.99. The Labute approximate surface area is 186 Å². The third-order valence-corrected chi connectivity index (χ3v) is 6.01. The number of nitrogens with one attached hydrogen (secondary N) is 3. The highest BCUT2D eigenvalue weighted by atomic mass is 127. The van der Waals surface area contributed by atoms with E-state index in [0.717, 1.165) is 38.4 Å².